The van der Waals surface area contributed by atoms with Crippen LogP contribution < -0.4 is 15.5 Å². The number of anilines is 3. The van der Waals surface area contributed by atoms with Gasteiger partial charge in [-0.2, -0.15) is 0 Å². The molecule has 0 bridgehead atoms. The number of rotatable bonds is 6. The van der Waals surface area contributed by atoms with Gasteiger partial charge in [0, 0.05) is 23.3 Å². The van der Waals surface area contributed by atoms with Crippen molar-refractivity contribution in [2.24, 2.45) is 0 Å². The lowest BCUT2D eigenvalue weighted by Gasteiger charge is -2.26. The van der Waals surface area contributed by atoms with Gasteiger partial charge in [0.15, 0.2) is 0 Å². The molecule has 0 radical (unpaired) electrons. The lowest BCUT2D eigenvalue weighted by Crippen LogP contribution is -2.29. The minimum Gasteiger partial charge on any atom is -0.338 e. The van der Waals surface area contributed by atoms with Gasteiger partial charge in [0.1, 0.15) is 5.82 Å². The van der Waals surface area contributed by atoms with Gasteiger partial charge in [-0.3, -0.25) is 0 Å². The maximum Gasteiger partial charge on any atom is 0.323 e. The number of urea groups is 1. The highest BCUT2D eigenvalue weighted by molar-refractivity contribution is 8.05. The molecule has 1 aliphatic heterocycles. The van der Waals surface area contributed by atoms with Crippen molar-refractivity contribution in [1.82, 2.24) is 5.32 Å². The molecule has 2 amide bonds. The lowest BCUT2D eigenvalue weighted by atomic mass is 9.81. The summed E-state index contributed by atoms with van der Waals surface area (Å²) in [5, 5.41) is 7.78. The molecule has 1 aliphatic carbocycles. The first-order valence-corrected chi connectivity index (χ1v) is 16.3. The molecule has 3 aromatic carbocycles. The van der Waals surface area contributed by atoms with Crippen LogP contribution in [0.1, 0.15) is 85.8 Å². The van der Waals surface area contributed by atoms with Crippen LogP contribution >= 0.6 is 11.8 Å². The fraction of sp³-hybridized carbons (Fsp3) is 0.378. The van der Waals surface area contributed by atoms with E-state index in [9.17, 15) is 9.18 Å². The second-order valence-corrected chi connectivity index (χ2v) is 12.1. The van der Waals surface area contributed by atoms with Crippen molar-refractivity contribution < 1.29 is 9.18 Å². The molecule has 1 fully saturated rings. The van der Waals surface area contributed by atoms with Crippen LogP contribution in [-0.2, 0) is 5.41 Å². The van der Waals surface area contributed by atoms with E-state index < -0.39 is 0 Å². The number of hydrogen-bond acceptors (Lipinski definition) is 3. The monoisotopic (exact) mass is 603 g/mol. The number of carbonyl (C=O) groups is 1. The number of fused-ring (bicyclic) bond motifs is 1. The number of nitrogens with zero attached hydrogens (tertiary/aromatic N) is 1. The van der Waals surface area contributed by atoms with Crippen molar-refractivity contribution in [2.45, 2.75) is 87.0 Å². The average molecular weight is 604 g/mol. The van der Waals surface area contributed by atoms with Gasteiger partial charge in [0.2, 0.25) is 0 Å². The SMILES string of the molecule is C1CC1.C=C(C)S/C=C(\C)NC(=O)Nc1ccccc1N1CC(C)(C)c2c(-c3ccc(F)cc3)ccc(C)c21.CC.CC. The van der Waals surface area contributed by atoms with Crippen molar-refractivity contribution in [3.8, 4) is 11.1 Å². The van der Waals surface area contributed by atoms with E-state index in [1.807, 2.05) is 83.3 Å². The highest BCUT2D eigenvalue weighted by Crippen LogP contribution is 2.51. The molecule has 232 valence electrons. The number of halogens is 1. The molecule has 4 nitrogen and oxygen atoms in total. The zero-order valence-electron chi connectivity index (χ0n) is 27.5. The van der Waals surface area contributed by atoms with Crippen LogP contribution in [0.2, 0.25) is 0 Å². The number of allylic oxidation sites excluding steroid dienone is 2. The first-order valence-electron chi connectivity index (χ1n) is 15.4. The van der Waals surface area contributed by atoms with Crippen LogP contribution in [0, 0.1) is 12.7 Å². The van der Waals surface area contributed by atoms with Gasteiger partial charge in [0.25, 0.3) is 0 Å². The Morgan fingerprint density at radius 1 is 0.953 bits per heavy atom. The number of hydrogen-bond donors (Lipinski definition) is 2. The lowest BCUT2D eigenvalue weighted by molar-refractivity contribution is 0.254. The van der Waals surface area contributed by atoms with Gasteiger partial charge in [-0.05, 0) is 77.6 Å². The van der Waals surface area contributed by atoms with Gasteiger partial charge in [0.05, 0.1) is 11.4 Å². The van der Waals surface area contributed by atoms with Crippen LogP contribution in [0.3, 0.4) is 0 Å². The highest BCUT2D eigenvalue weighted by Gasteiger charge is 2.39. The first-order chi connectivity index (χ1) is 20.6. The quantitative estimate of drug-likeness (QED) is 0.295. The normalized spacial score (nSPS) is 14.0. The third-order valence-electron chi connectivity index (χ3n) is 6.58. The van der Waals surface area contributed by atoms with Gasteiger partial charge in [-0.1, -0.05) is 104 Å². The highest BCUT2D eigenvalue weighted by atomic mass is 32.2. The Labute approximate surface area is 263 Å². The van der Waals surface area contributed by atoms with Crippen LogP contribution in [-0.4, -0.2) is 12.6 Å². The van der Waals surface area contributed by atoms with E-state index in [1.165, 1.54) is 48.7 Å². The fourth-order valence-corrected chi connectivity index (χ4v) is 5.16. The molecule has 1 saturated carbocycles. The van der Waals surface area contributed by atoms with Gasteiger partial charge in [-0.15, -0.1) is 11.8 Å². The number of thioether (sulfide) groups is 1. The summed E-state index contributed by atoms with van der Waals surface area (Å²) in [7, 11) is 0. The second kappa shape index (κ2) is 17.0. The summed E-state index contributed by atoms with van der Waals surface area (Å²) >= 11 is 1.48. The molecule has 1 heterocycles. The standard InChI is InChI=1S/C30H32FN3OS.C3H6.2C2H6/c1-19(2)36-17-21(4)32-29(35)33-25-9-7-8-10-26(25)34-18-30(5,6)27-24(16-11-20(3)28(27)34)22-12-14-23(31)15-13-22;1-2-3-1;2*1-2/h7-17H,1,18H2,2-6H3,(H2,32,33,35);1-3H2;2*1-2H3/b21-17+;;;. The molecule has 2 N–H and O–H groups in total. The number of para-hydroxylation sites is 2. The zero-order chi connectivity index (χ0) is 32.2. The Bertz CT molecular complexity index is 1390. The summed E-state index contributed by atoms with van der Waals surface area (Å²) in [5.41, 5.74) is 7.82. The molecule has 5 rings (SSSR count). The van der Waals surface area contributed by atoms with Crippen molar-refractivity contribution in [2.75, 3.05) is 16.8 Å². The van der Waals surface area contributed by atoms with Gasteiger partial charge < -0.3 is 15.5 Å². The number of nitrogens with one attached hydrogen (secondary N) is 2. The number of aryl methyl sites for hydroxylation is 1. The van der Waals surface area contributed by atoms with Crippen molar-refractivity contribution in [1.29, 1.82) is 0 Å². The fourth-order valence-electron chi connectivity index (χ4n) is 4.72. The Kier molecular flexibility index (Phi) is 14.1. The average Bonchev–Trinajstić information content (AvgIpc) is 3.85. The molecule has 0 unspecified atom stereocenters. The molecule has 0 atom stereocenters. The Morgan fingerprint density at radius 2 is 1.56 bits per heavy atom. The number of amides is 2. The largest absolute Gasteiger partial charge is 0.338 e. The Balaban J connectivity index is 0.000000835. The molecule has 0 spiro atoms. The number of benzene rings is 3. The van der Waals surface area contributed by atoms with E-state index in [2.05, 4.69) is 55.0 Å². The third-order valence-corrected chi connectivity index (χ3v) is 7.45. The second-order valence-electron chi connectivity index (χ2n) is 10.9. The molecular weight excluding hydrogens is 553 g/mol. The van der Waals surface area contributed by atoms with Crippen molar-refractivity contribution in [3.63, 3.8) is 0 Å². The minimum atomic E-state index is -0.297. The smallest absolute Gasteiger partial charge is 0.323 e. The van der Waals surface area contributed by atoms with Gasteiger partial charge in [-0.25, -0.2) is 9.18 Å². The summed E-state index contributed by atoms with van der Waals surface area (Å²) in [6.45, 7) is 22.9. The number of carbonyl (C=O) groups excluding carboxylic acids is 1. The minimum absolute atomic E-state index is 0.167. The summed E-state index contributed by atoms with van der Waals surface area (Å²) in [4.78, 5) is 16.0. The molecule has 2 aliphatic rings. The topological polar surface area (TPSA) is 44.4 Å². The maximum atomic E-state index is 13.6. The third kappa shape index (κ3) is 10.0. The molecule has 0 saturated heterocycles. The Morgan fingerprint density at radius 3 is 2.14 bits per heavy atom. The van der Waals surface area contributed by atoms with Crippen LogP contribution in [0.4, 0.5) is 26.2 Å². The van der Waals surface area contributed by atoms with E-state index in [1.54, 1.807) is 0 Å². The van der Waals surface area contributed by atoms with E-state index in [0.717, 1.165) is 50.9 Å². The molecule has 3 aromatic rings. The maximum absolute atomic E-state index is 13.6. The zero-order valence-corrected chi connectivity index (χ0v) is 28.3. The predicted octanol–water partition coefficient (Wildman–Crippen LogP) is 11.7. The van der Waals surface area contributed by atoms with Crippen molar-refractivity contribution in [3.05, 3.63) is 100 Å². The Hall–Kier alpha value is -3.51. The van der Waals surface area contributed by atoms with Crippen LogP contribution in [0.5, 0.6) is 0 Å². The summed E-state index contributed by atoms with van der Waals surface area (Å²) in [6, 6.07) is 18.5. The summed E-state index contributed by atoms with van der Waals surface area (Å²) in [6.07, 6.45) is 4.50. The van der Waals surface area contributed by atoms with E-state index in [0.29, 0.717) is 0 Å². The van der Waals surface area contributed by atoms with E-state index in [4.69, 9.17) is 0 Å². The first kappa shape index (κ1) is 35.7. The van der Waals surface area contributed by atoms with Crippen molar-refractivity contribution >= 4 is 34.9 Å². The van der Waals surface area contributed by atoms with Crippen LogP contribution in [0.25, 0.3) is 11.1 Å². The van der Waals surface area contributed by atoms with E-state index in [-0.39, 0.29) is 17.3 Å². The van der Waals surface area contributed by atoms with E-state index >= 15 is 0 Å². The predicted molar refractivity (Wildman–Crippen MR) is 188 cm³/mol. The van der Waals surface area contributed by atoms with Crippen LogP contribution in [0.15, 0.2) is 83.3 Å². The molecule has 6 heteroatoms. The molecule has 43 heavy (non-hydrogen) atoms. The molecular formula is C37H50FN3OS. The summed E-state index contributed by atoms with van der Waals surface area (Å²) < 4.78 is 13.6. The van der Waals surface area contributed by atoms with Gasteiger partial charge >= 0.3 is 6.03 Å². The summed E-state index contributed by atoms with van der Waals surface area (Å²) in [5.74, 6) is -0.245. The molecule has 0 aromatic heterocycles.